The largest absolute Gasteiger partial charge is 0.271 e. The topological polar surface area (TPSA) is 38.0 Å². The van der Waals surface area contributed by atoms with Crippen LogP contribution in [0.1, 0.15) is 5.56 Å². The first-order chi connectivity index (χ1) is 9.67. The van der Waals surface area contributed by atoms with Crippen molar-refractivity contribution in [2.24, 2.45) is 5.84 Å². The van der Waals surface area contributed by atoms with Gasteiger partial charge in [0.05, 0.1) is 0 Å². The molecule has 0 aliphatic rings. The summed E-state index contributed by atoms with van der Waals surface area (Å²) >= 11 is 7.62. The highest BCUT2D eigenvalue weighted by molar-refractivity contribution is 7.99. The van der Waals surface area contributed by atoms with Gasteiger partial charge in [-0.1, -0.05) is 29.8 Å². The fourth-order valence-corrected chi connectivity index (χ4v) is 3.12. The van der Waals surface area contributed by atoms with Gasteiger partial charge in [-0.05, 0) is 42.3 Å². The molecule has 0 amide bonds. The van der Waals surface area contributed by atoms with Crippen LogP contribution in [0, 0.1) is 5.82 Å². The second-order valence-electron chi connectivity index (χ2n) is 4.47. The third kappa shape index (κ3) is 4.80. The van der Waals surface area contributed by atoms with Crippen LogP contribution < -0.4 is 11.3 Å². The average molecular weight is 311 g/mol. The predicted molar refractivity (Wildman–Crippen MR) is 83.4 cm³/mol. The van der Waals surface area contributed by atoms with E-state index in [0.29, 0.717) is 6.42 Å². The highest BCUT2D eigenvalue weighted by atomic mass is 35.5. The van der Waals surface area contributed by atoms with Crippen molar-refractivity contribution in [3.05, 3.63) is 64.9 Å². The lowest BCUT2D eigenvalue weighted by Gasteiger charge is -2.15. The summed E-state index contributed by atoms with van der Waals surface area (Å²) in [6.45, 7) is 0. The van der Waals surface area contributed by atoms with Gasteiger partial charge in [0.2, 0.25) is 0 Å². The molecule has 0 saturated heterocycles. The molecule has 0 bridgehead atoms. The van der Waals surface area contributed by atoms with E-state index >= 15 is 0 Å². The van der Waals surface area contributed by atoms with Crippen LogP contribution >= 0.6 is 23.4 Å². The first-order valence-corrected chi connectivity index (χ1v) is 7.62. The molecule has 20 heavy (non-hydrogen) atoms. The number of nitrogens with two attached hydrogens (primary N) is 1. The summed E-state index contributed by atoms with van der Waals surface area (Å²) < 4.78 is 13.1. The maximum absolute atomic E-state index is 13.1. The highest BCUT2D eigenvalue weighted by Gasteiger charge is 2.09. The molecule has 2 aromatic carbocycles. The van der Waals surface area contributed by atoms with Crippen molar-refractivity contribution in [1.82, 2.24) is 5.43 Å². The summed E-state index contributed by atoms with van der Waals surface area (Å²) in [7, 11) is 0. The molecule has 0 radical (unpaired) electrons. The predicted octanol–water partition coefficient (Wildman–Crippen LogP) is 3.65. The first-order valence-electron chi connectivity index (χ1n) is 6.26. The molecule has 106 valence electrons. The monoisotopic (exact) mass is 310 g/mol. The SMILES string of the molecule is NNC(CSc1cccc(Cl)c1)Cc1cccc(F)c1. The Bertz CT molecular complexity index is 565. The summed E-state index contributed by atoms with van der Waals surface area (Å²) in [6.07, 6.45) is 0.682. The van der Waals surface area contributed by atoms with Crippen LogP contribution in [0.5, 0.6) is 0 Å². The quantitative estimate of drug-likeness (QED) is 0.486. The number of hydrogen-bond acceptors (Lipinski definition) is 3. The minimum atomic E-state index is -0.222. The van der Waals surface area contributed by atoms with Gasteiger partial charge >= 0.3 is 0 Å². The van der Waals surface area contributed by atoms with Gasteiger partial charge < -0.3 is 0 Å². The lowest BCUT2D eigenvalue weighted by Crippen LogP contribution is -2.38. The van der Waals surface area contributed by atoms with Gasteiger partial charge in [0.1, 0.15) is 5.82 Å². The van der Waals surface area contributed by atoms with Crippen molar-refractivity contribution in [2.75, 3.05) is 5.75 Å². The Balaban J connectivity index is 1.92. The molecule has 0 aliphatic carbocycles. The number of hydrogen-bond donors (Lipinski definition) is 2. The Hall–Kier alpha value is -1.07. The van der Waals surface area contributed by atoms with Gasteiger partial charge in [-0.3, -0.25) is 11.3 Å². The van der Waals surface area contributed by atoms with Gasteiger partial charge in [0, 0.05) is 21.7 Å². The van der Waals surface area contributed by atoms with Gasteiger partial charge in [-0.15, -0.1) is 11.8 Å². The maximum Gasteiger partial charge on any atom is 0.123 e. The summed E-state index contributed by atoms with van der Waals surface area (Å²) in [4.78, 5) is 1.09. The molecule has 0 aliphatic heterocycles. The fourth-order valence-electron chi connectivity index (χ4n) is 1.87. The van der Waals surface area contributed by atoms with E-state index in [1.165, 1.54) is 12.1 Å². The van der Waals surface area contributed by atoms with E-state index in [1.807, 2.05) is 30.3 Å². The molecule has 1 unspecified atom stereocenters. The van der Waals surface area contributed by atoms with Crippen LogP contribution in [0.3, 0.4) is 0 Å². The van der Waals surface area contributed by atoms with Crippen LogP contribution in [0.25, 0.3) is 0 Å². The van der Waals surface area contributed by atoms with Crippen LogP contribution in [-0.2, 0) is 6.42 Å². The van der Waals surface area contributed by atoms with E-state index in [1.54, 1.807) is 17.8 Å². The minimum absolute atomic E-state index is 0.0702. The molecule has 2 nitrogen and oxygen atoms in total. The van der Waals surface area contributed by atoms with Crippen LogP contribution in [0.15, 0.2) is 53.4 Å². The molecule has 2 rings (SSSR count). The molecule has 0 fully saturated rings. The van der Waals surface area contributed by atoms with Crippen molar-refractivity contribution in [3.8, 4) is 0 Å². The van der Waals surface area contributed by atoms with Crippen molar-refractivity contribution in [1.29, 1.82) is 0 Å². The van der Waals surface area contributed by atoms with Gasteiger partial charge in [0.15, 0.2) is 0 Å². The van der Waals surface area contributed by atoms with Crippen molar-refractivity contribution in [3.63, 3.8) is 0 Å². The maximum atomic E-state index is 13.1. The Morgan fingerprint density at radius 2 is 2.00 bits per heavy atom. The van der Waals surface area contributed by atoms with Gasteiger partial charge in [-0.25, -0.2) is 4.39 Å². The molecule has 3 N–H and O–H groups in total. The lowest BCUT2D eigenvalue weighted by atomic mass is 10.1. The summed E-state index contributed by atoms with van der Waals surface area (Å²) in [6, 6.07) is 14.3. The second kappa shape index (κ2) is 7.64. The van der Waals surface area contributed by atoms with Crippen LogP contribution in [0.4, 0.5) is 4.39 Å². The molecule has 2 aromatic rings. The second-order valence-corrected chi connectivity index (χ2v) is 6.00. The number of hydrazine groups is 1. The standard InChI is InChI=1S/C15H16ClFN2S/c16-12-4-2-6-15(9-12)20-10-14(19-18)8-11-3-1-5-13(17)7-11/h1-7,9,14,19H,8,10,18H2. The third-order valence-corrected chi connectivity index (χ3v) is 4.25. The number of halogens is 2. The van der Waals surface area contributed by atoms with E-state index in [0.717, 1.165) is 21.2 Å². The molecule has 1 atom stereocenters. The molecule has 0 heterocycles. The van der Waals surface area contributed by atoms with E-state index in [-0.39, 0.29) is 11.9 Å². The zero-order chi connectivity index (χ0) is 14.4. The molecule has 0 aromatic heterocycles. The summed E-state index contributed by atoms with van der Waals surface area (Å²) in [5.74, 6) is 6.13. The number of nitrogens with one attached hydrogen (secondary N) is 1. The molecular weight excluding hydrogens is 295 g/mol. The first kappa shape index (κ1) is 15.3. The summed E-state index contributed by atoms with van der Waals surface area (Å²) in [5, 5.41) is 0.720. The zero-order valence-corrected chi connectivity index (χ0v) is 12.4. The normalized spacial score (nSPS) is 12.3. The van der Waals surface area contributed by atoms with E-state index in [9.17, 15) is 4.39 Å². The number of thioether (sulfide) groups is 1. The molecular formula is C15H16ClFN2S. The Labute approximate surface area is 127 Å². The average Bonchev–Trinajstić information content (AvgIpc) is 2.43. The molecule has 0 saturated carbocycles. The van der Waals surface area contributed by atoms with Gasteiger partial charge in [0.25, 0.3) is 0 Å². The van der Waals surface area contributed by atoms with Crippen molar-refractivity contribution in [2.45, 2.75) is 17.4 Å². The van der Waals surface area contributed by atoms with Crippen LogP contribution in [-0.4, -0.2) is 11.8 Å². The zero-order valence-electron chi connectivity index (χ0n) is 10.9. The Morgan fingerprint density at radius 3 is 2.70 bits per heavy atom. The number of rotatable bonds is 6. The number of benzene rings is 2. The highest BCUT2D eigenvalue weighted by Crippen LogP contribution is 2.22. The van der Waals surface area contributed by atoms with E-state index in [2.05, 4.69) is 5.43 Å². The molecule has 0 spiro atoms. The Kier molecular flexibility index (Phi) is 5.86. The summed E-state index contributed by atoms with van der Waals surface area (Å²) in [5.41, 5.74) is 3.71. The lowest BCUT2D eigenvalue weighted by molar-refractivity contribution is 0.570. The van der Waals surface area contributed by atoms with Crippen molar-refractivity contribution < 1.29 is 4.39 Å². The van der Waals surface area contributed by atoms with E-state index < -0.39 is 0 Å². The third-order valence-electron chi connectivity index (χ3n) is 2.85. The van der Waals surface area contributed by atoms with Crippen LogP contribution in [0.2, 0.25) is 5.02 Å². The molecule has 5 heteroatoms. The van der Waals surface area contributed by atoms with E-state index in [4.69, 9.17) is 17.4 Å². The Morgan fingerprint density at radius 1 is 1.20 bits per heavy atom. The fraction of sp³-hybridized carbons (Fsp3) is 0.200. The van der Waals surface area contributed by atoms with Gasteiger partial charge in [-0.2, -0.15) is 0 Å². The van der Waals surface area contributed by atoms with Crippen molar-refractivity contribution >= 4 is 23.4 Å². The smallest absolute Gasteiger partial charge is 0.123 e. The minimum Gasteiger partial charge on any atom is -0.271 e.